The maximum Gasteiger partial charge on any atom is 0.320 e. The van der Waals surface area contributed by atoms with Gasteiger partial charge < -0.3 is 46.5 Å². The molecule has 0 bridgehead atoms. The van der Waals surface area contributed by atoms with Crippen molar-refractivity contribution in [2.24, 2.45) is 5.73 Å². The number of carboxylic acids is 1. The minimum absolute atomic E-state index is 0.287. The van der Waals surface area contributed by atoms with Crippen molar-refractivity contribution in [3.63, 3.8) is 0 Å². The molecule has 23 heavy (non-hydrogen) atoms. The molecule has 11 heteroatoms. The highest BCUT2D eigenvalue weighted by Crippen LogP contribution is 2.20. The molecule has 0 aliphatic heterocycles. The van der Waals surface area contributed by atoms with Gasteiger partial charge in [0.2, 0.25) is 0 Å². The van der Waals surface area contributed by atoms with Crippen LogP contribution in [0.4, 0.5) is 0 Å². The number of nitrogens with one attached hydrogen (secondary N) is 1. The Bertz CT molecular complexity index is 426. The molecule has 1 aliphatic carbocycles. The molecule has 1 aromatic heterocycles. The molecule has 0 amide bonds. The Hall–Kier alpha value is -1.60. The van der Waals surface area contributed by atoms with Crippen LogP contribution < -0.4 is 5.73 Å². The van der Waals surface area contributed by atoms with E-state index in [1.807, 2.05) is 0 Å². The van der Waals surface area contributed by atoms with Crippen molar-refractivity contribution in [2.45, 2.75) is 49.1 Å². The summed E-state index contributed by atoms with van der Waals surface area (Å²) in [5.41, 5.74) is 6.00. The minimum Gasteiger partial charge on any atom is -0.480 e. The fourth-order valence-electron chi connectivity index (χ4n) is 1.93. The number of aromatic amines is 1. The molecule has 0 unspecified atom stereocenters. The molecule has 1 heterocycles. The van der Waals surface area contributed by atoms with Gasteiger partial charge in [0.05, 0.1) is 6.33 Å². The molecular formula is C12H21N3O8. The lowest BCUT2D eigenvalue weighted by Crippen LogP contribution is -2.63. The smallest absolute Gasteiger partial charge is 0.320 e. The summed E-state index contributed by atoms with van der Waals surface area (Å²) in [5.74, 6) is -1.00. The van der Waals surface area contributed by atoms with Crippen molar-refractivity contribution in [2.75, 3.05) is 0 Å². The third kappa shape index (κ3) is 4.94. The summed E-state index contributed by atoms with van der Waals surface area (Å²) in [6.45, 7) is 0. The van der Waals surface area contributed by atoms with Crippen LogP contribution >= 0.6 is 0 Å². The van der Waals surface area contributed by atoms with Crippen molar-refractivity contribution in [3.05, 3.63) is 18.2 Å². The van der Waals surface area contributed by atoms with E-state index in [1.165, 1.54) is 6.33 Å². The number of rotatable bonds is 3. The van der Waals surface area contributed by atoms with Gasteiger partial charge in [0.1, 0.15) is 42.7 Å². The molecule has 1 fully saturated rings. The number of nitrogens with zero attached hydrogens (tertiary/aromatic N) is 1. The molecular weight excluding hydrogens is 314 g/mol. The van der Waals surface area contributed by atoms with Gasteiger partial charge >= 0.3 is 5.97 Å². The van der Waals surface area contributed by atoms with E-state index in [1.54, 1.807) is 6.20 Å². The quantitative estimate of drug-likeness (QED) is 0.258. The summed E-state index contributed by atoms with van der Waals surface area (Å²) in [4.78, 5) is 16.8. The highest BCUT2D eigenvalue weighted by Gasteiger charge is 2.47. The Morgan fingerprint density at radius 2 is 1.43 bits per heavy atom. The molecule has 1 atom stereocenters. The Morgan fingerprint density at radius 1 is 1.04 bits per heavy atom. The zero-order chi connectivity index (χ0) is 17.7. The van der Waals surface area contributed by atoms with Crippen LogP contribution in [0.1, 0.15) is 5.69 Å². The van der Waals surface area contributed by atoms with E-state index in [0.717, 1.165) is 5.69 Å². The van der Waals surface area contributed by atoms with Gasteiger partial charge in [0.15, 0.2) is 0 Å². The maximum atomic E-state index is 10.3. The van der Waals surface area contributed by atoms with Gasteiger partial charge in [-0.1, -0.05) is 0 Å². The van der Waals surface area contributed by atoms with Crippen LogP contribution in [0.15, 0.2) is 12.5 Å². The molecule has 1 aliphatic rings. The second kappa shape index (κ2) is 8.31. The average Bonchev–Trinajstić information content (AvgIpc) is 3.02. The number of aliphatic carboxylic acids is 1. The molecule has 0 saturated heterocycles. The van der Waals surface area contributed by atoms with Crippen LogP contribution in [-0.4, -0.2) is 94.3 Å². The fourth-order valence-corrected chi connectivity index (χ4v) is 1.93. The van der Waals surface area contributed by atoms with E-state index in [2.05, 4.69) is 9.97 Å². The summed E-state index contributed by atoms with van der Waals surface area (Å²) >= 11 is 0. The first-order chi connectivity index (χ1) is 10.7. The molecule has 0 aromatic carbocycles. The van der Waals surface area contributed by atoms with Crippen molar-refractivity contribution in [3.8, 4) is 0 Å². The first kappa shape index (κ1) is 19.4. The lowest BCUT2D eigenvalue weighted by Gasteiger charge is -2.39. The van der Waals surface area contributed by atoms with E-state index in [9.17, 15) is 4.79 Å². The molecule has 1 aromatic rings. The number of carboxylic acid groups (broad SMARTS) is 1. The lowest BCUT2D eigenvalue weighted by atomic mass is 9.85. The van der Waals surface area contributed by atoms with Crippen LogP contribution in [0.2, 0.25) is 0 Å². The van der Waals surface area contributed by atoms with E-state index in [-0.39, 0.29) is 6.42 Å². The van der Waals surface area contributed by atoms with E-state index >= 15 is 0 Å². The Morgan fingerprint density at radius 3 is 1.70 bits per heavy atom. The molecule has 132 valence electrons. The lowest BCUT2D eigenvalue weighted by molar-refractivity contribution is -0.223. The second-order valence-corrected chi connectivity index (χ2v) is 5.17. The molecule has 0 spiro atoms. The summed E-state index contributed by atoms with van der Waals surface area (Å²) in [7, 11) is 0. The zero-order valence-electron chi connectivity index (χ0n) is 12.0. The van der Waals surface area contributed by atoms with Crippen molar-refractivity contribution < 1.29 is 40.5 Å². The van der Waals surface area contributed by atoms with Crippen molar-refractivity contribution in [1.29, 1.82) is 0 Å². The molecule has 0 radical (unpaired) electrons. The minimum atomic E-state index is -1.64. The molecule has 11 nitrogen and oxygen atoms in total. The van der Waals surface area contributed by atoms with E-state index in [0.29, 0.717) is 0 Å². The monoisotopic (exact) mass is 335 g/mol. The van der Waals surface area contributed by atoms with E-state index < -0.39 is 48.6 Å². The predicted molar refractivity (Wildman–Crippen MR) is 73.9 cm³/mol. The first-order valence-corrected chi connectivity index (χ1v) is 6.70. The predicted octanol–water partition coefficient (Wildman–Crippen LogP) is -4.47. The number of H-pyrrole nitrogens is 1. The van der Waals surface area contributed by atoms with Gasteiger partial charge in [-0.25, -0.2) is 4.98 Å². The van der Waals surface area contributed by atoms with Gasteiger partial charge in [-0.15, -0.1) is 0 Å². The topological polar surface area (TPSA) is 213 Å². The molecule has 2 rings (SSSR count). The van der Waals surface area contributed by atoms with Gasteiger partial charge in [-0.3, -0.25) is 4.79 Å². The van der Waals surface area contributed by atoms with Crippen molar-refractivity contribution >= 4 is 5.97 Å². The Balaban J connectivity index is 0.000000231. The SMILES string of the molecule is N[C@@H](Cc1cnc[nH]1)C(=O)O.O[C@H]1[C@H](O)[C@@H](O)[C@H](O)[C@@H](O)[C@H]1O. The van der Waals surface area contributed by atoms with Gasteiger partial charge in [-0.2, -0.15) is 0 Å². The molecule has 1 saturated carbocycles. The number of nitrogens with two attached hydrogens (primary N) is 1. The highest BCUT2D eigenvalue weighted by molar-refractivity contribution is 5.73. The van der Waals surface area contributed by atoms with Crippen LogP contribution in [0.5, 0.6) is 0 Å². The number of hydrogen-bond donors (Lipinski definition) is 9. The summed E-state index contributed by atoms with van der Waals surface area (Å²) in [6, 6.07) is -0.851. The Kier molecular flexibility index (Phi) is 7.02. The fraction of sp³-hybridized carbons (Fsp3) is 0.667. The number of aliphatic hydroxyl groups excluding tert-OH is 6. The zero-order valence-corrected chi connectivity index (χ0v) is 12.0. The summed E-state index contributed by atoms with van der Waals surface area (Å²) in [6.07, 6.45) is -6.51. The number of hydrogen-bond acceptors (Lipinski definition) is 9. The molecule has 10 N–H and O–H groups in total. The maximum absolute atomic E-state index is 10.3. The first-order valence-electron chi connectivity index (χ1n) is 6.70. The van der Waals surface area contributed by atoms with Crippen molar-refractivity contribution in [1.82, 2.24) is 9.97 Å². The van der Waals surface area contributed by atoms with Gasteiger partial charge in [0, 0.05) is 18.3 Å². The van der Waals surface area contributed by atoms with E-state index in [4.69, 9.17) is 41.5 Å². The number of imidazole rings is 1. The number of carbonyl (C=O) groups is 1. The number of aromatic nitrogens is 2. The van der Waals surface area contributed by atoms with Crippen LogP contribution in [0.3, 0.4) is 0 Å². The van der Waals surface area contributed by atoms with Crippen LogP contribution in [0.25, 0.3) is 0 Å². The second-order valence-electron chi connectivity index (χ2n) is 5.17. The summed E-state index contributed by atoms with van der Waals surface area (Å²) in [5, 5.41) is 62.3. The largest absolute Gasteiger partial charge is 0.480 e. The number of aliphatic hydroxyl groups is 6. The normalized spacial score (nSPS) is 35.1. The van der Waals surface area contributed by atoms with Gasteiger partial charge in [-0.05, 0) is 0 Å². The third-order valence-electron chi connectivity index (χ3n) is 3.41. The average molecular weight is 335 g/mol. The third-order valence-corrected chi connectivity index (χ3v) is 3.41. The van der Waals surface area contributed by atoms with Crippen LogP contribution in [0, 0.1) is 0 Å². The Labute approximate surface area is 130 Å². The standard InChI is InChI=1S/C6H9N3O2.C6H12O6/c7-5(6(10)11)1-4-2-8-3-9-4;7-1-2(8)4(10)6(12)5(11)3(1)9/h2-3,5H,1,7H2,(H,8,9)(H,10,11);1-12H/t5-;1-,2-,3-,4+,5-,6-/m0./s1. The highest BCUT2D eigenvalue weighted by atomic mass is 16.4. The van der Waals surface area contributed by atoms with Crippen LogP contribution in [-0.2, 0) is 11.2 Å². The van der Waals surface area contributed by atoms with Gasteiger partial charge in [0.25, 0.3) is 0 Å². The summed E-state index contributed by atoms with van der Waals surface area (Å²) < 4.78 is 0.